The number of aromatic carboxylic acids is 1. The van der Waals surface area contributed by atoms with Gasteiger partial charge in [-0.15, -0.1) is 0 Å². The van der Waals surface area contributed by atoms with Crippen LogP contribution in [0.5, 0.6) is 0 Å². The van der Waals surface area contributed by atoms with Gasteiger partial charge in [0.15, 0.2) is 0 Å². The van der Waals surface area contributed by atoms with Crippen molar-refractivity contribution in [1.82, 2.24) is 25.1 Å². The van der Waals surface area contributed by atoms with Crippen LogP contribution in [0.3, 0.4) is 0 Å². The standard InChI is InChI=1S/C4H4N2.C4H3NO3.C3H4N2/c1-2-5-4-6-3-1;6-4(7)3-5-1-2-8-3;1-2-4-5-3-1/h1-4H;1-2H,(H,6,7);1-3H,(H,4,5). The number of carbonyl (C=O) groups is 1. The first-order valence-electron chi connectivity index (χ1n) is 5.07. The molecule has 3 heterocycles. The summed E-state index contributed by atoms with van der Waals surface area (Å²) in [5.41, 5.74) is 0. The zero-order valence-electron chi connectivity index (χ0n) is 9.75. The fourth-order valence-electron chi connectivity index (χ4n) is 0.798. The Hall–Kier alpha value is -3.03. The van der Waals surface area contributed by atoms with E-state index in [9.17, 15) is 4.79 Å². The molecule has 0 bridgehead atoms. The molecule has 3 aromatic heterocycles. The maximum atomic E-state index is 9.91. The summed E-state index contributed by atoms with van der Waals surface area (Å²) in [7, 11) is 0. The Labute approximate surface area is 108 Å². The van der Waals surface area contributed by atoms with Crippen LogP contribution in [-0.2, 0) is 0 Å². The van der Waals surface area contributed by atoms with Crippen LogP contribution in [0.4, 0.5) is 0 Å². The molecular weight excluding hydrogens is 250 g/mol. The van der Waals surface area contributed by atoms with Crippen LogP contribution in [0.15, 0.2) is 60.1 Å². The van der Waals surface area contributed by atoms with Crippen LogP contribution in [0.1, 0.15) is 10.7 Å². The van der Waals surface area contributed by atoms with Gasteiger partial charge in [-0.3, -0.25) is 5.10 Å². The molecule has 0 fully saturated rings. The molecule has 0 spiro atoms. The lowest BCUT2D eigenvalue weighted by Gasteiger charge is -1.77. The van der Waals surface area contributed by atoms with Gasteiger partial charge in [-0.1, -0.05) is 0 Å². The van der Waals surface area contributed by atoms with Crippen molar-refractivity contribution in [1.29, 1.82) is 0 Å². The molecule has 0 aliphatic rings. The number of carboxylic acids is 1. The number of nitrogens with one attached hydrogen (secondary N) is 1. The number of oxazole rings is 1. The number of H-pyrrole nitrogens is 1. The number of aromatic amines is 1. The third-order valence-corrected chi connectivity index (χ3v) is 1.50. The van der Waals surface area contributed by atoms with Crippen molar-refractivity contribution in [3.05, 3.63) is 61.6 Å². The van der Waals surface area contributed by atoms with Crippen LogP contribution < -0.4 is 0 Å². The van der Waals surface area contributed by atoms with Crippen molar-refractivity contribution in [2.45, 2.75) is 0 Å². The Bertz CT molecular complexity index is 481. The minimum absolute atomic E-state index is 0.273. The van der Waals surface area contributed by atoms with Crippen molar-refractivity contribution >= 4 is 5.97 Å². The summed E-state index contributed by atoms with van der Waals surface area (Å²) in [5.74, 6) is -1.42. The monoisotopic (exact) mass is 261 g/mol. The molecule has 2 N–H and O–H groups in total. The molecule has 8 nitrogen and oxygen atoms in total. The molecule has 0 atom stereocenters. The van der Waals surface area contributed by atoms with Crippen LogP contribution in [-0.4, -0.2) is 36.2 Å². The summed E-state index contributed by atoms with van der Waals surface area (Å²) < 4.78 is 4.38. The molecule has 0 saturated heterocycles. The molecule has 0 aromatic carbocycles. The molecule has 0 saturated carbocycles. The molecule has 3 aromatic rings. The number of hydrogen-bond donors (Lipinski definition) is 2. The molecule has 3 rings (SSSR count). The highest BCUT2D eigenvalue weighted by Crippen LogP contribution is 1.91. The van der Waals surface area contributed by atoms with Gasteiger partial charge < -0.3 is 9.52 Å². The lowest BCUT2D eigenvalue weighted by molar-refractivity contribution is 0.0653. The van der Waals surface area contributed by atoms with Crippen LogP contribution in [0.25, 0.3) is 0 Å². The normalized spacial score (nSPS) is 8.42. The van der Waals surface area contributed by atoms with Crippen molar-refractivity contribution in [3.8, 4) is 0 Å². The number of nitrogens with zero attached hydrogens (tertiary/aromatic N) is 4. The van der Waals surface area contributed by atoms with E-state index in [2.05, 4.69) is 29.6 Å². The fraction of sp³-hybridized carbons (Fsp3) is 0. The maximum absolute atomic E-state index is 9.91. The molecule has 8 heteroatoms. The Morgan fingerprint density at radius 2 is 1.95 bits per heavy atom. The van der Waals surface area contributed by atoms with E-state index >= 15 is 0 Å². The predicted molar refractivity (Wildman–Crippen MR) is 64.1 cm³/mol. The highest BCUT2D eigenvalue weighted by Gasteiger charge is 2.04. The Balaban J connectivity index is 0.000000147. The number of hydrogen-bond acceptors (Lipinski definition) is 6. The topological polar surface area (TPSA) is 118 Å². The second-order valence-electron chi connectivity index (χ2n) is 2.81. The molecule has 0 radical (unpaired) electrons. The quantitative estimate of drug-likeness (QED) is 0.676. The van der Waals surface area contributed by atoms with Gasteiger partial charge in [0.05, 0.1) is 6.20 Å². The molecule has 0 unspecified atom stereocenters. The van der Waals surface area contributed by atoms with Crippen LogP contribution >= 0.6 is 0 Å². The molecule has 0 aliphatic heterocycles. The summed E-state index contributed by atoms with van der Waals surface area (Å²) in [6.07, 6.45) is 10.8. The van der Waals surface area contributed by atoms with E-state index in [0.29, 0.717) is 0 Å². The van der Waals surface area contributed by atoms with E-state index in [0.717, 1.165) is 0 Å². The van der Waals surface area contributed by atoms with E-state index in [-0.39, 0.29) is 5.89 Å². The van der Waals surface area contributed by atoms with E-state index in [1.807, 2.05) is 6.07 Å². The van der Waals surface area contributed by atoms with Gasteiger partial charge in [-0.2, -0.15) is 5.10 Å². The van der Waals surface area contributed by atoms with Gasteiger partial charge in [-0.05, 0) is 12.1 Å². The van der Waals surface area contributed by atoms with Gasteiger partial charge >= 0.3 is 11.9 Å². The van der Waals surface area contributed by atoms with E-state index in [1.165, 1.54) is 18.8 Å². The average Bonchev–Trinajstić information content (AvgIpc) is 3.18. The molecule has 98 valence electrons. The van der Waals surface area contributed by atoms with Gasteiger partial charge in [0.25, 0.3) is 0 Å². The van der Waals surface area contributed by atoms with Gasteiger partial charge in [-0.25, -0.2) is 19.7 Å². The van der Waals surface area contributed by atoms with E-state index in [4.69, 9.17) is 5.11 Å². The highest BCUT2D eigenvalue weighted by atomic mass is 16.4. The number of aromatic nitrogens is 5. The Morgan fingerprint density at radius 3 is 2.16 bits per heavy atom. The predicted octanol–water partition coefficient (Wildman–Crippen LogP) is 1.26. The van der Waals surface area contributed by atoms with Crippen molar-refractivity contribution in [3.63, 3.8) is 0 Å². The molecular formula is C11H11N5O3. The lowest BCUT2D eigenvalue weighted by Crippen LogP contribution is -1.94. The third-order valence-electron chi connectivity index (χ3n) is 1.50. The number of carboxylic acid groups (broad SMARTS) is 1. The fourth-order valence-corrected chi connectivity index (χ4v) is 0.798. The first kappa shape index (κ1) is 14.0. The van der Waals surface area contributed by atoms with E-state index < -0.39 is 5.97 Å². The van der Waals surface area contributed by atoms with Crippen molar-refractivity contribution < 1.29 is 14.3 Å². The SMILES string of the molecule is O=C(O)c1ncco1.c1cn[nH]c1.c1cncnc1. The van der Waals surface area contributed by atoms with Crippen molar-refractivity contribution in [2.75, 3.05) is 0 Å². The maximum Gasteiger partial charge on any atom is 0.392 e. The third kappa shape index (κ3) is 7.00. The summed E-state index contributed by atoms with van der Waals surface area (Å²) in [4.78, 5) is 20.6. The number of rotatable bonds is 1. The van der Waals surface area contributed by atoms with Crippen LogP contribution in [0, 0.1) is 0 Å². The zero-order valence-corrected chi connectivity index (χ0v) is 9.75. The molecule has 0 amide bonds. The van der Waals surface area contributed by atoms with Gasteiger partial charge in [0.1, 0.15) is 12.6 Å². The highest BCUT2D eigenvalue weighted by molar-refractivity contribution is 5.81. The summed E-state index contributed by atoms with van der Waals surface area (Å²) in [6, 6.07) is 3.61. The minimum atomic E-state index is -1.14. The average molecular weight is 261 g/mol. The smallest absolute Gasteiger partial charge is 0.392 e. The zero-order chi connectivity index (χ0) is 13.8. The van der Waals surface area contributed by atoms with Gasteiger partial charge in [0, 0.05) is 24.8 Å². The summed E-state index contributed by atoms with van der Waals surface area (Å²) >= 11 is 0. The Morgan fingerprint density at radius 1 is 1.16 bits per heavy atom. The largest absolute Gasteiger partial charge is 0.474 e. The van der Waals surface area contributed by atoms with Gasteiger partial charge in [0.2, 0.25) is 0 Å². The summed E-state index contributed by atoms with van der Waals surface area (Å²) in [5, 5.41) is 14.3. The molecule has 0 aliphatic carbocycles. The first-order valence-corrected chi connectivity index (χ1v) is 5.07. The Kier molecular flexibility index (Phi) is 6.68. The summed E-state index contributed by atoms with van der Waals surface area (Å²) in [6.45, 7) is 0. The first-order chi connectivity index (χ1) is 9.30. The minimum Gasteiger partial charge on any atom is -0.474 e. The van der Waals surface area contributed by atoms with Crippen molar-refractivity contribution in [2.24, 2.45) is 0 Å². The lowest BCUT2D eigenvalue weighted by atomic mass is 10.7. The van der Waals surface area contributed by atoms with E-state index in [1.54, 1.807) is 30.9 Å². The second kappa shape index (κ2) is 9.05. The molecule has 19 heavy (non-hydrogen) atoms. The second-order valence-corrected chi connectivity index (χ2v) is 2.81. The van der Waals surface area contributed by atoms with Crippen LogP contribution in [0.2, 0.25) is 0 Å².